The van der Waals surface area contributed by atoms with Crippen LogP contribution in [0.1, 0.15) is 54.0 Å². The van der Waals surface area contributed by atoms with Gasteiger partial charge in [0.2, 0.25) is 0 Å². The maximum atomic E-state index is 13.9. The van der Waals surface area contributed by atoms with Crippen LogP contribution in [0.5, 0.6) is 11.5 Å². The van der Waals surface area contributed by atoms with Crippen molar-refractivity contribution in [3.05, 3.63) is 65.9 Å². The predicted octanol–water partition coefficient (Wildman–Crippen LogP) is 4.76. The second-order valence-electron chi connectivity index (χ2n) is 11.9. The van der Waals surface area contributed by atoms with Crippen molar-refractivity contribution in [2.45, 2.75) is 45.2 Å². The van der Waals surface area contributed by atoms with E-state index in [1.54, 1.807) is 38.5 Å². The molecule has 0 spiro atoms. The van der Waals surface area contributed by atoms with Gasteiger partial charge in [-0.25, -0.2) is 0 Å². The van der Waals surface area contributed by atoms with E-state index in [-0.39, 0.29) is 35.7 Å². The Labute approximate surface area is 259 Å². The monoisotopic (exact) mass is 604 g/mol. The molecule has 44 heavy (non-hydrogen) atoms. The lowest BCUT2D eigenvalue weighted by Gasteiger charge is -2.33. The van der Waals surface area contributed by atoms with Gasteiger partial charge in [-0.1, -0.05) is 35.5 Å². The summed E-state index contributed by atoms with van der Waals surface area (Å²) in [5, 5.41) is 7.65. The second kappa shape index (κ2) is 14.7. The SMILES string of the molecule is COCCCOc1cc(C(=O)N(C[C@@H]2CNC[C@H]2CN(C(=O)c2cc(-c3ccccc3)on2)C2CC2)C(C)C)ccc1OC. The van der Waals surface area contributed by atoms with E-state index < -0.39 is 0 Å². The lowest BCUT2D eigenvalue weighted by molar-refractivity contribution is 0.0609. The summed E-state index contributed by atoms with van der Waals surface area (Å²) in [6, 6.07) is 17.0. The van der Waals surface area contributed by atoms with Gasteiger partial charge in [0, 0.05) is 75.6 Å². The van der Waals surface area contributed by atoms with Crippen molar-refractivity contribution in [1.29, 1.82) is 0 Å². The number of nitrogens with zero attached hydrogens (tertiary/aromatic N) is 3. The highest BCUT2D eigenvalue weighted by molar-refractivity contribution is 5.95. The van der Waals surface area contributed by atoms with Crippen LogP contribution in [0.3, 0.4) is 0 Å². The van der Waals surface area contributed by atoms with Crippen LogP contribution in [0, 0.1) is 11.8 Å². The zero-order valence-corrected chi connectivity index (χ0v) is 26.2. The molecule has 1 saturated carbocycles. The van der Waals surface area contributed by atoms with E-state index in [2.05, 4.69) is 10.5 Å². The molecule has 1 aliphatic carbocycles. The van der Waals surface area contributed by atoms with E-state index in [0.717, 1.165) is 37.9 Å². The van der Waals surface area contributed by atoms with Crippen LogP contribution in [0.25, 0.3) is 11.3 Å². The van der Waals surface area contributed by atoms with Crippen LogP contribution in [-0.4, -0.2) is 92.5 Å². The van der Waals surface area contributed by atoms with E-state index in [4.69, 9.17) is 18.7 Å². The van der Waals surface area contributed by atoms with E-state index >= 15 is 0 Å². The largest absolute Gasteiger partial charge is 0.493 e. The molecule has 3 aromatic rings. The summed E-state index contributed by atoms with van der Waals surface area (Å²) in [6.07, 6.45) is 2.71. The van der Waals surface area contributed by atoms with Crippen molar-refractivity contribution < 1.29 is 28.3 Å². The zero-order valence-electron chi connectivity index (χ0n) is 26.2. The Morgan fingerprint density at radius 3 is 2.39 bits per heavy atom. The summed E-state index contributed by atoms with van der Waals surface area (Å²) in [5.74, 6) is 1.94. The molecule has 2 aliphatic rings. The molecule has 0 radical (unpaired) electrons. The third kappa shape index (κ3) is 7.60. The van der Waals surface area contributed by atoms with Gasteiger partial charge in [0.15, 0.2) is 23.0 Å². The van der Waals surface area contributed by atoms with Crippen LogP contribution in [0.4, 0.5) is 0 Å². The smallest absolute Gasteiger partial charge is 0.276 e. The van der Waals surface area contributed by atoms with Gasteiger partial charge in [-0.2, -0.15) is 0 Å². The quantitative estimate of drug-likeness (QED) is 0.248. The molecule has 1 aromatic heterocycles. The Balaban J connectivity index is 1.27. The molecular formula is C34H44N4O6. The molecule has 2 heterocycles. The molecule has 2 amide bonds. The molecular weight excluding hydrogens is 560 g/mol. The Morgan fingerprint density at radius 1 is 0.955 bits per heavy atom. The van der Waals surface area contributed by atoms with Crippen molar-refractivity contribution in [3.8, 4) is 22.8 Å². The fraction of sp³-hybridized carbons (Fsp3) is 0.500. The first-order valence-electron chi connectivity index (χ1n) is 15.5. The van der Waals surface area contributed by atoms with Gasteiger partial charge in [-0.05, 0) is 56.7 Å². The van der Waals surface area contributed by atoms with Crippen LogP contribution in [-0.2, 0) is 4.74 Å². The highest BCUT2D eigenvalue weighted by atomic mass is 16.5. The van der Waals surface area contributed by atoms with Crippen LogP contribution in [0.15, 0.2) is 59.1 Å². The lowest BCUT2D eigenvalue weighted by Crippen LogP contribution is -2.45. The summed E-state index contributed by atoms with van der Waals surface area (Å²) in [6.45, 7) is 7.89. The normalized spacial score (nSPS) is 17.9. The minimum atomic E-state index is -0.0999. The number of hydrogen-bond acceptors (Lipinski definition) is 8. The van der Waals surface area contributed by atoms with Crippen LogP contribution >= 0.6 is 0 Å². The maximum Gasteiger partial charge on any atom is 0.276 e. The number of rotatable bonds is 15. The number of amides is 2. The predicted molar refractivity (Wildman–Crippen MR) is 167 cm³/mol. The molecule has 2 fully saturated rings. The Bertz CT molecular complexity index is 1390. The average molecular weight is 605 g/mol. The number of carbonyl (C=O) groups is 2. The van der Waals surface area contributed by atoms with Crippen LogP contribution < -0.4 is 14.8 Å². The molecule has 0 bridgehead atoms. The minimum absolute atomic E-state index is 0.00960. The fourth-order valence-electron chi connectivity index (χ4n) is 5.77. The highest BCUT2D eigenvalue weighted by Gasteiger charge is 2.39. The molecule has 1 aliphatic heterocycles. The number of hydrogen-bond donors (Lipinski definition) is 1. The van der Waals surface area contributed by atoms with Crippen molar-refractivity contribution in [2.75, 3.05) is 53.6 Å². The Hall–Kier alpha value is -3.89. The van der Waals surface area contributed by atoms with E-state index in [0.29, 0.717) is 54.8 Å². The average Bonchev–Trinajstić information content (AvgIpc) is 3.58. The summed E-state index contributed by atoms with van der Waals surface area (Å²) >= 11 is 0. The molecule has 1 N–H and O–H groups in total. The van der Waals surface area contributed by atoms with Crippen molar-refractivity contribution in [3.63, 3.8) is 0 Å². The van der Waals surface area contributed by atoms with Crippen LogP contribution in [0.2, 0.25) is 0 Å². The first-order chi connectivity index (χ1) is 21.4. The van der Waals surface area contributed by atoms with Gasteiger partial charge >= 0.3 is 0 Å². The standard InChI is InChI=1S/C34H44N4O6/c1-23(2)37(33(39)25-11-14-30(42-4)32(17-25)43-16-8-15-41-3)21-26-19-35-20-27(26)22-38(28-12-13-28)34(40)29-18-31(44-36-29)24-9-6-5-7-10-24/h5-7,9-11,14,17-18,23,26-28,35H,8,12-13,15-16,19-22H2,1-4H3/t26-,27-/m0/s1. The third-order valence-corrected chi connectivity index (χ3v) is 8.42. The van der Waals surface area contributed by atoms with Crippen molar-refractivity contribution in [2.24, 2.45) is 11.8 Å². The van der Waals surface area contributed by atoms with E-state index in [9.17, 15) is 9.59 Å². The molecule has 5 rings (SSSR count). The number of methoxy groups -OCH3 is 2. The summed E-state index contributed by atoms with van der Waals surface area (Å²) < 4.78 is 22.1. The van der Waals surface area contributed by atoms with E-state index in [1.807, 2.05) is 54.0 Å². The number of ether oxygens (including phenoxy) is 3. The van der Waals surface area contributed by atoms with Gasteiger partial charge in [0.1, 0.15) is 0 Å². The zero-order chi connectivity index (χ0) is 31.1. The molecule has 2 aromatic carbocycles. The number of carbonyl (C=O) groups excluding carboxylic acids is 2. The van der Waals surface area contributed by atoms with Gasteiger partial charge in [-0.3, -0.25) is 9.59 Å². The summed E-state index contributed by atoms with van der Waals surface area (Å²) in [5.41, 5.74) is 1.77. The Kier molecular flexibility index (Phi) is 10.6. The number of aromatic nitrogens is 1. The lowest BCUT2D eigenvalue weighted by atomic mass is 9.93. The molecule has 10 nitrogen and oxygen atoms in total. The number of nitrogens with one attached hydrogen (secondary N) is 1. The topological polar surface area (TPSA) is 106 Å². The van der Waals surface area contributed by atoms with E-state index in [1.165, 1.54) is 0 Å². The molecule has 10 heteroatoms. The fourth-order valence-corrected chi connectivity index (χ4v) is 5.77. The van der Waals surface area contributed by atoms with Gasteiger partial charge in [0.25, 0.3) is 11.8 Å². The maximum absolute atomic E-state index is 13.9. The van der Waals surface area contributed by atoms with Gasteiger partial charge in [-0.15, -0.1) is 0 Å². The minimum Gasteiger partial charge on any atom is -0.493 e. The first kappa shape index (κ1) is 31.5. The van der Waals surface area contributed by atoms with Gasteiger partial charge < -0.3 is 33.9 Å². The molecule has 2 atom stereocenters. The molecule has 1 saturated heterocycles. The third-order valence-electron chi connectivity index (χ3n) is 8.42. The first-order valence-corrected chi connectivity index (χ1v) is 15.5. The highest BCUT2D eigenvalue weighted by Crippen LogP contribution is 2.33. The van der Waals surface area contributed by atoms with Crippen molar-refractivity contribution >= 4 is 11.8 Å². The second-order valence-corrected chi connectivity index (χ2v) is 11.9. The molecule has 236 valence electrons. The Morgan fingerprint density at radius 2 is 1.70 bits per heavy atom. The summed E-state index contributed by atoms with van der Waals surface area (Å²) in [7, 11) is 3.25. The summed E-state index contributed by atoms with van der Waals surface area (Å²) in [4.78, 5) is 31.4. The van der Waals surface area contributed by atoms with Gasteiger partial charge in [0.05, 0.1) is 13.7 Å². The molecule has 0 unspecified atom stereocenters. The van der Waals surface area contributed by atoms with Crippen molar-refractivity contribution in [1.82, 2.24) is 20.3 Å². The number of benzene rings is 2.